The highest BCUT2D eigenvalue weighted by Crippen LogP contribution is 2.38. The lowest BCUT2D eigenvalue weighted by Crippen LogP contribution is -2.52. The molecule has 1 N–H and O–H groups in total. The van der Waals surface area contributed by atoms with Gasteiger partial charge in [-0.25, -0.2) is 4.79 Å². The summed E-state index contributed by atoms with van der Waals surface area (Å²) in [7, 11) is -2.03. The Morgan fingerprint density at radius 2 is 1.70 bits per heavy atom. The van der Waals surface area contributed by atoms with Crippen LogP contribution in [0.3, 0.4) is 0 Å². The molecular formula is C22H37NO3Si. The molecule has 2 atom stereocenters. The fourth-order valence-electron chi connectivity index (χ4n) is 2.39. The number of hydrogen-bond donors (Lipinski definition) is 1. The monoisotopic (exact) mass is 391 g/mol. The van der Waals surface area contributed by atoms with Crippen molar-refractivity contribution in [3.8, 4) is 0 Å². The average Bonchev–Trinajstić information content (AvgIpc) is 2.50. The molecule has 1 amide bonds. The number of benzene rings is 1. The summed E-state index contributed by atoms with van der Waals surface area (Å²) in [4.78, 5) is 12.4. The molecule has 0 aliphatic rings. The molecule has 0 radical (unpaired) electrons. The van der Waals surface area contributed by atoms with Crippen LogP contribution < -0.4 is 5.32 Å². The minimum absolute atomic E-state index is 0.0669. The normalized spacial score (nSPS) is 15.0. The van der Waals surface area contributed by atoms with Gasteiger partial charge < -0.3 is 14.5 Å². The molecule has 5 heteroatoms. The lowest BCUT2D eigenvalue weighted by molar-refractivity contribution is 0.0461. The molecule has 0 aliphatic carbocycles. The molecule has 1 aromatic carbocycles. The van der Waals surface area contributed by atoms with Crippen molar-refractivity contribution in [1.29, 1.82) is 0 Å². The van der Waals surface area contributed by atoms with E-state index in [4.69, 9.17) is 9.16 Å². The zero-order valence-electron chi connectivity index (χ0n) is 18.3. The first-order valence-corrected chi connectivity index (χ1v) is 12.5. The molecule has 0 saturated heterocycles. The predicted molar refractivity (Wildman–Crippen MR) is 116 cm³/mol. The Balaban J connectivity index is 3.06. The van der Waals surface area contributed by atoms with Crippen molar-refractivity contribution in [2.75, 3.05) is 0 Å². The molecule has 0 unspecified atom stereocenters. The highest BCUT2D eigenvalue weighted by atomic mass is 28.4. The lowest BCUT2D eigenvalue weighted by Gasteiger charge is -2.40. The molecule has 1 aromatic rings. The van der Waals surface area contributed by atoms with Crippen molar-refractivity contribution in [3.05, 3.63) is 48.6 Å². The van der Waals surface area contributed by atoms with Crippen molar-refractivity contribution in [2.45, 2.75) is 83.8 Å². The van der Waals surface area contributed by atoms with Gasteiger partial charge in [0.1, 0.15) is 5.60 Å². The Labute approximate surface area is 166 Å². The van der Waals surface area contributed by atoms with E-state index in [1.165, 1.54) is 0 Å². The maximum atomic E-state index is 12.4. The van der Waals surface area contributed by atoms with Crippen molar-refractivity contribution < 1.29 is 14.0 Å². The van der Waals surface area contributed by atoms with Crippen LogP contribution in [-0.4, -0.2) is 32.2 Å². The molecule has 27 heavy (non-hydrogen) atoms. The number of alkyl carbamates (subject to hydrolysis) is 1. The summed E-state index contributed by atoms with van der Waals surface area (Å²) in [5.41, 5.74) is 0.579. The minimum atomic E-state index is -2.03. The number of rotatable bonds is 7. The minimum Gasteiger partial charge on any atom is -0.444 e. The van der Waals surface area contributed by atoms with Crippen molar-refractivity contribution in [1.82, 2.24) is 5.32 Å². The topological polar surface area (TPSA) is 47.6 Å². The largest absolute Gasteiger partial charge is 0.444 e. The van der Waals surface area contributed by atoms with E-state index in [1.54, 1.807) is 6.08 Å². The molecule has 0 fully saturated rings. The van der Waals surface area contributed by atoms with Crippen LogP contribution in [0.1, 0.15) is 47.1 Å². The summed E-state index contributed by atoms with van der Waals surface area (Å²) >= 11 is 0. The van der Waals surface area contributed by atoms with Crippen LogP contribution in [0.5, 0.6) is 0 Å². The summed E-state index contributed by atoms with van der Waals surface area (Å²) in [6.07, 6.45) is 1.71. The molecular weight excluding hydrogens is 354 g/mol. The first-order chi connectivity index (χ1) is 12.2. The van der Waals surface area contributed by atoms with E-state index in [-0.39, 0.29) is 17.2 Å². The molecule has 1 rings (SSSR count). The highest BCUT2D eigenvalue weighted by molar-refractivity contribution is 6.74. The molecule has 152 valence electrons. The average molecular weight is 392 g/mol. The van der Waals surface area contributed by atoms with Crippen molar-refractivity contribution >= 4 is 14.4 Å². The second-order valence-corrected chi connectivity index (χ2v) is 14.3. The quantitative estimate of drug-likeness (QED) is 0.479. The van der Waals surface area contributed by atoms with Gasteiger partial charge in [-0.1, -0.05) is 57.2 Å². The van der Waals surface area contributed by atoms with Crippen LogP contribution in [0, 0.1) is 0 Å². The van der Waals surface area contributed by atoms with Gasteiger partial charge in [0.25, 0.3) is 0 Å². The van der Waals surface area contributed by atoms with Gasteiger partial charge in [0.05, 0.1) is 12.1 Å². The van der Waals surface area contributed by atoms with Crippen LogP contribution in [-0.2, 0) is 15.6 Å². The molecule has 0 saturated carbocycles. The fourth-order valence-corrected chi connectivity index (χ4v) is 3.68. The van der Waals surface area contributed by atoms with Gasteiger partial charge in [0.2, 0.25) is 0 Å². The summed E-state index contributed by atoms with van der Waals surface area (Å²) in [6, 6.07) is 9.83. The van der Waals surface area contributed by atoms with Gasteiger partial charge in [0, 0.05) is 0 Å². The fraction of sp³-hybridized carbons (Fsp3) is 0.591. The van der Waals surface area contributed by atoms with E-state index >= 15 is 0 Å². The zero-order valence-corrected chi connectivity index (χ0v) is 19.3. The van der Waals surface area contributed by atoms with E-state index in [1.807, 2.05) is 39.0 Å². The third-order valence-electron chi connectivity index (χ3n) is 4.87. The third-order valence-corrected chi connectivity index (χ3v) is 9.34. The Morgan fingerprint density at radius 3 is 2.15 bits per heavy atom. The molecule has 0 aromatic heterocycles. The van der Waals surface area contributed by atoms with Gasteiger partial charge in [0.15, 0.2) is 8.32 Å². The maximum absolute atomic E-state index is 12.4. The molecule has 0 heterocycles. The summed E-state index contributed by atoms with van der Waals surface area (Å²) in [5.74, 6) is 0. The number of hydrogen-bond acceptors (Lipinski definition) is 3. The molecule has 0 spiro atoms. The Bertz CT molecular complexity index is 615. The SMILES string of the molecule is C=C[C@H](O[Si](C)(C)C(C)(C)C)[C@H](Cc1ccccc1)NC(=O)OC(C)(C)C. The van der Waals surface area contributed by atoms with Gasteiger partial charge in [-0.15, -0.1) is 6.58 Å². The van der Waals surface area contributed by atoms with Crippen LogP contribution in [0.4, 0.5) is 4.79 Å². The second kappa shape index (κ2) is 9.07. The Kier molecular flexibility index (Phi) is 7.87. The zero-order chi connectivity index (χ0) is 20.9. The van der Waals surface area contributed by atoms with Gasteiger partial charge in [-0.2, -0.15) is 0 Å². The van der Waals surface area contributed by atoms with E-state index < -0.39 is 20.0 Å². The number of carbonyl (C=O) groups is 1. The van der Waals surface area contributed by atoms with E-state index in [0.29, 0.717) is 6.42 Å². The van der Waals surface area contributed by atoms with Crippen molar-refractivity contribution in [2.24, 2.45) is 0 Å². The molecule has 0 bridgehead atoms. The number of nitrogens with one attached hydrogen (secondary N) is 1. The van der Waals surface area contributed by atoms with Gasteiger partial charge in [-0.3, -0.25) is 0 Å². The molecule has 4 nitrogen and oxygen atoms in total. The van der Waals surface area contributed by atoms with E-state index in [2.05, 4.69) is 57.9 Å². The smallest absolute Gasteiger partial charge is 0.407 e. The third kappa shape index (κ3) is 7.89. The number of ether oxygens (including phenoxy) is 1. The highest BCUT2D eigenvalue weighted by Gasteiger charge is 2.40. The maximum Gasteiger partial charge on any atom is 0.407 e. The van der Waals surface area contributed by atoms with Crippen LogP contribution in [0.15, 0.2) is 43.0 Å². The lowest BCUT2D eigenvalue weighted by atomic mass is 10.0. The van der Waals surface area contributed by atoms with Crippen LogP contribution in [0.2, 0.25) is 18.1 Å². The first-order valence-electron chi connectivity index (χ1n) is 9.59. The number of amides is 1. The predicted octanol–water partition coefficient (Wildman–Crippen LogP) is 5.70. The summed E-state index contributed by atoms with van der Waals surface area (Å²) in [5, 5.41) is 3.08. The Hall–Kier alpha value is -1.59. The number of carbonyl (C=O) groups excluding carboxylic acids is 1. The van der Waals surface area contributed by atoms with Crippen molar-refractivity contribution in [3.63, 3.8) is 0 Å². The van der Waals surface area contributed by atoms with E-state index in [0.717, 1.165) is 5.56 Å². The van der Waals surface area contributed by atoms with Gasteiger partial charge >= 0.3 is 6.09 Å². The van der Waals surface area contributed by atoms with E-state index in [9.17, 15) is 4.79 Å². The second-order valence-electron chi connectivity index (χ2n) is 9.52. The summed E-state index contributed by atoms with van der Waals surface area (Å²) in [6.45, 7) is 20.6. The summed E-state index contributed by atoms with van der Waals surface area (Å²) < 4.78 is 12.0. The standard InChI is InChI=1S/C22H37NO3Si/c1-10-19(26-27(8,9)22(5,6)7)18(16-17-14-12-11-13-15-17)23-20(24)25-21(2,3)4/h10-15,18-19H,1,16H2,2-9H3,(H,23,24)/t18-,19-/m0/s1. The Morgan fingerprint density at radius 1 is 1.15 bits per heavy atom. The van der Waals surface area contributed by atoms with Crippen LogP contribution >= 0.6 is 0 Å². The molecule has 0 aliphatic heterocycles. The van der Waals surface area contributed by atoms with Gasteiger partial charge in [-0.05, 0) is 50.9 Å². The first kappa shape index (κ1) is 23.4. The van der Waals surface area contributed by atoms with Crippen LogP contribution in [0.25, 0.3) is 0 Å².